The zero-order valence-corrected chi connectivity index (χ0v) is 18.7. The van der Waals surface area contributed by atoms with Crippen LogP contribution in [0.1, 0.15) is 76.1 Å². The fourth-order valence-corrected chi connectivity index (χ4v) is 3.63. The molecule has 4 heteroatoms. The van der Waals surface area contributed by atoms with Crippen molar-refractivity contribution in [3.05, 3.63) is 40.1 Å². The van der Waals surface area contributed by atoms with Crippen LogP contribution in [-0.2, 0) is 27.2 Å². The maximum Gasteiger partial charge on any atom is 0.167 e. The molecule has 0 aromatic heterocycles. The van der Waals surface area contributed by atoms with Crippen molar-refractivity contribution in [2.75, 3.05) is 13.7 Å². The Balaban J connectivity index is 0.00000133. The van der Waals surface area contributed by atoms with Crippen LogP contribution in [0.4, 0.5) is 0 Å². The van der Waals surface area contributed by atoms with Crippen LogP contribution >= 0.6 is 0 Å². The van der Waals surface area contributed by atoms with E-state index in [9.17, 15) is 9.90 Å². The summed E-state index contributed by atoms with van der Waals surface area (Å²) in [5, 5.41) is 9.17. The Morgan fingerprint density at radius 2 is 1.64 bits per heavy atom. The monoisotopic (exact) mass is 390 g/mol. The molecule has 0 saturated heterocycles. The van der Waals surface area contributed by atoms with E-state index >= 15 is 0 Å². The number of aliphatic hydroxyl groups excluding tert-OH is 1. The van der Waals surface area contributed by atoms with Crippen LogP contribution in [-0.4, -0.2) is 30.9 Å². The lowest BCUT2D eigenvalue weighted by Gasteiger charge is -2.27. The van der Waals surface area contributed by atoms with Crippen LogP contribution in [0, 0.1) is 12.8 Å². The summed E-state index contributed by atoms with van der Waals surface area (Å²) in [6.45, 7) is 11.9. The van der Waals surface area contributed by atoms with Gasteiger partial charge in [0, 0.05) is 19.4 Å². The van der Waals surface area contributed by atoms with Crippen molar-refractivity contribution in [1.82, 2.24) is 0 Å². The predicted molar refractivity (Wildman–Crippen MR) is 116 cm³/mol. The number of Topliss-reactive ketones (excluding diaryl/α,β-unsaturated/α-hetero) is 1. The highest BCUT2D eigenvalue weighted by Crippen LogP contribution is 2.38. The fraction of sp³-hybridized carbons (Fsp3) is 0.583. The van der Waals surface area contributed by atoms with E-state index in [1.54, 1.807) is 7.11 Å². The van der Waals surface area contributed by atoms with E-state index in [1.807, 2.05) is 13.8 Å². The van der Waals surface area contributed by atoms with Gasteiger partial charge in [-0.1, -0.05) is 45.4 Å². The molecule has 1 N–H and O–H groups in total. The van der Waals surface area contributed by atoms with E-state index < -0.39 is 0 Å². The number of rotatable bonds is 6. The molecule has 0 saturated carbocycles. The van der Waals surface area contributed by atoms with Crippen molar-refractivity contribution in [3.63, 3.8) is 0 Å². The quantitative estimate of drug-likeness (QED) is 0.689. The van der Waals surface area contributed by atoms with Gasteiger partial charge in [0.05, 0.1) is 12.7 Å². The van der Waals surface area contributed by atoms with Crippen LogP contribution in [0.15, 0.2) is 17.9 Å². The summed E-state index contributed by atoms with van der Waals surface area (Å²) in [6.07, 6.45) is 4.44. The van der Waals surface area contributed by atoms with Gasteiger partial charge in [-0.2, -0.15) is 0 Å². The normalized spacial score (nSPS) is 15.9. The Morgan fingerprint density at radius 1 is 1.14 bits per heavy atom. The van der Waals surface area contributed by atoms with Gasteiger partial charge < -0.3 is 14.6 Å². The molecular weight excluding hydrogens is 352 g/mol. The first-order valence-electron chi connectivity index (χ1n) is 10.4. The van der Waals surface area contributed by atoms with Crippen LogP contribution in [0.25, 0.3) is 5.57 Å². The number of aliphatic hydroxyl groups is 1. The number of carbonyl (C=O) groups excluding carboxylic acids is 2. The predicted octanol–water partition coefficient (Wildman–Crippen LogP) is 5.07. The maximum absolute atomic E-state index is 12.9. The summed E-state index contributed by atoms with van der Waals surface area (Å²) >= 11 is 0. The number of methoxy groups -OCH3 is 1. The highest BCUT2D eigenvalue weighted by atomic mass is 16.5. The molecule has 4 nitrogen and oxygen atoms in total. The highest BCUT2D eigenvalue weighted by molar-refractivity contribution is 6.22. The lowest BCUT2D eigenvalue weighted by molar-refractivity contribution is -0.115. The molecule has 0 amide bonds. The maximum atomic E-state index is 12.9. The zero-order chi connectivity index (χ0) is 21.7. The smallest absolute Gasteiger partial charge is 0.167 e. The average molecular weight is 391 g/mol. The first-order chi connectivity index (χ1) is 13.5. The van der Waals surface area contributed by atoms with E-state index in [2.05, 4.69) is 32.9 Å². The van der Waals surface area contributed by atoms with Gasteiger partial charge in [0.25, 0.3) is 0 Å². The Kier molecular flexibility index (Phi) is 13.1. The fourth-order valence-electron chi connectivity index (χ4n) is 3.63. The van der Waals surface area contributed by atoms with Gasteiger partial charge in [-0.25, -0.2) is 0 Å². The van der Waals surface area contributed by atoms with Gasteiger partial charge in [0.2, 0.25) is 0 Å². The van der Waals surface area contributed by atoms with Crippen molar-refractivity contribution < 1.29 is 19.4 Å². The minimum absolute atomic E-state index is 0.120. The molecular formula is C24H38O4. The van der Waals surface area contributed by atoms with Gasteiger partial charge in [0.1, 0.15) is 12.0 Å². The number of ether oxygens (including phenoxy) is 1. The minimum Gasteiger partial charge on any atom is -0.500 e. The third-order valence-electron chi connectivity index (χ3n) is 4.75. The van der Waals surface area contributed by atoms with Gasteiger partial charge in [-0.15, -0.1) is 0 Å². The van der Waals surface area contributed by atoms with Crippen LogP contribution in [0.2, 0.25) is 0 Å². The van der Waals surface area contributed by atoms with Crippen LogP contribution in [0.5, 0.6) is 0 Å². The summed E-state index contributed by atoms with van der Waals surface area (Å²) in [5.74, 6) is 1.12. The van der Waals surface area contributed by atoms with E-state index in [0.29, 0.717) is 12.8 Å². The molecule has 1 atom stereocenters. The number of carbonyl (C=O) groups is 2. The Bertz CT molecular complexity index is 634. The summed E-state index contributed by atoms with van der Waals surface area (Å²) in [4.78, 5) is 21.7. The molecule has 0 aliphatic heterocycles. The topological polar surface area (TPSA) is 63.6 Å². The second-order valence-electron chi connectivity index (χ2n) is 6.61. The molecule has 1 aromatic carbocycles. The van der Waals surface area contributed by atoms with Crippen molar-refractivity contribution >= 4 is 17.6 Å². The molecule has 2 rings (SSSR count). The Morgan fingerprint density at radius 3 is 2.04 bits per heavy atom. The number of hydrogen-bond donors (Lipinski definition) is 1. The van der Waals surface area contributed by atoms with Crippen molar-refractivity contribution in [3.8, 4) is 0 Å². The first-order valence-corrected chi connectivity index (χ1v) is 10.4. The largest absolute Gasteiger partial charge is 0.500 e. The molecule has 1 aliphatic rings. The van der Waals surface area contributed by atoms with Gasteiger partial charge in [-0.05, 0) is 55.7 Å². The van der Waals surface area contributed by atoms with E-state index in [-0.39, 0.29) is 18.3 Å². The number of allylic oxidation sites excluding steroid dienone is 2. The van der Waals surface area contributed by atoms with Crippen LogP contribution in [0.3, 0.4) is 0 Å². The molecule has 1 unspecified atom stereocenters. The molecule has 0 radical (unpaired) electrons. The summed E-state index contributed by atoms with van der Waals surface area (Å²) in [7, 11) is 1.65. The molecule has 1 aromatic rings. The van der Waals surface area contributed by atoms with Crippen molar-refractivity contribution in [1.29, 1.82) is 0 Å². The van der Waals surface area contributed by atoms with Gasteiger partial charge in [0.15, 0.2) is 5.78 Å². The van der Waals surface area contributed by atoms with E-state index in [0.717, 1.165) is 42.4 Å². The van der Waals surface area contributed by atoms with E-state index in [1.165, 1.54) is 23.6 Å². The molecule has 0 bridgehead atoms. The average Bonchev–Trinajstić information content (AvgIpc) is 2.69. The second-order valence-corrected chi connectivity index (χ2v) is 6.61. The highest BCUT2D eigenvalue weighted by Gasteiger charge is 2.31. The summed E-state index contributed by atoms with van der Waals surface area (Å²) in [5.41, 5.74) is 5.55. The Hall–Kier alpha value is -1.94. The van der Waals surface area contributed by atoms with E-state index in [4.69, 9.17) is 9.53 Å². The standard InChI is InChI=1S/C20H28O3.C2H4O.C2H6/c1-5-15-9-13(3)10-16(6-2)19(15)20-17(22)11-14(7-8-21)12-18(20)23-4;1-2-3;1-2/h9-10,14,21H,5-8,11-12H2,1-4H3;2H,1H3;1-2H3. The second kappa shape index (κ2) is 14.1. The first kappa shape index (κ1) is 26.1. The lowest BCUT2D eigenvalue weighted by atomic mass is 9.79. The number of ketones is 1. The number of aryl methyl sites for hydroxylation is 3. The number of hydrogen-bond acceptors (Lipinski definition) is 4. The molecule has 0 spiro atoms. The summed E-state index contributed by atoms with van der Waals surface area (Å²) < 4.78 is 5.61. The summed E-state index contributed by atoms with van der Waals surface area (Å²) in [6, 6.07) is 4.36. The molecule has 158 valence electrons. The van der Waals surface area contributed by atoms with Crippen molar-refractivity contribution in [2.24, 2.45) is 5.92 Å². The van der Waals surface area contributed by atoms with Gasteiger partial charge >= 0.3 is 0 Å². The molecule has 28 heavy (non-hydrogen) atoms. The number of aldehydes is 1. The third kappa shape index (κ3) is 6.90. The van der Waals surface area contributed by atoms with Gasteiger partial charge in [-0.3, -0.25) is 4.79 Å². The zero-order valence-electron chi connectivity index (χ0n) is 18.7. The van der Waals surface area contributed by atoms with Crippen LogP contribution < -0.4 is 0 Å². The molecule has 0 fully saturated rings. The number of benzene rings is 1. The van der Waals surface area contributed by atoms with Crippen molar-refractivity contribution in [2.45, 2.75) is 73.6 Å². The molecule has 1 aliphatic carbocycles. The minimum atomic E-state index is 0.120. The Labute approximate surface area is 171 Å². The lowest BCUT2D eigenvalue weighted by Crippen LogP contribution is -2.22. The molecule has 0 heterocycles. The SMILES string of the molecule is CC.CC=O.CCc1cc(C)cc(CC)c1C1=C(OC)CC(CCO)CC1=O. The third-order valence-corrected chi connectivity index (χ3v) is 4.75.